The fourth-order valence-electron chi connectivity index (χ4n) is 5.37. The molecule has 5 nitrogen and oxygen atoms in total. The Morgan fingerprint density at radius 1 is 0.500 bits per heavy atom. The minimum Gasteiger partial charge on any atom is -0.466 e. The third-order valence-electron chi connectivity index (χ3n) is 8.21. The molecule has 1 atom stereocenters. The molecule has 0 spiro atoms. The van der Waals surface area contributed by atoms with Crippen LogP contribution in [0.25, 0.3) is 0 Å². The van der Waals surface area contributed by atoms with Crippen LogP contribution in [0.3, 0.4) is 0 Å². The second-order valence-corrected chi connectivity index (χ2v) is 12.1. The number of hydrogen-bond donors (Lipinski definition) is 1. The molecular weight excluding hydrogens is 500 g/mol. The Hall–Kier alpha value is -1.10. The van der Waals surface area contributed by atoms with E-state index >= 15 is 0 Å². The molecule has 5 heteroatoms. The fourth-order valence-corrected chi connectivity index (χ4v) is 5.37. The van der Waals surface area contributed by atoms with Crippen molar-refractivity contribution in [1.29, 1.82) is 0 Å². The van der Waals surface area contributed by atoms with Crippen molar-refractivity contribution in [1.82, 2.24) is 0 Å². The smallest absolute Gasteiger partial charge is 0.306 e. The molecule has 0 bridgehead atoms. The van der Waals surface area contributed by atoms with Crippen molar-refractivity contribution in [3.63, 3.8) is 0 Å². The van der Waals surface area contributed by atoms with Crippen LogP contribution >= 0.6 is 0 Å². The predicted octanol–water partition coefficient (Wildman–Crippen LogP) is 10.1. The predicted molar refractivity (Wildman–Crippen MR) is 168 cm³/mol. The lowest BCUT2D eigenvalue weighted by molar-refractivity contribution is -0.145. The molecule has 0 aromatic heterocycles. The molecule has 0 aromatic rings. The van der Waals surface area contributed by atoms with Crippen molar-refractivity contribution >= 4 is 11.9 Å². The average Bonchev–Trinajstić information content (AvgIpc) is 2.95. The molecule has 0 aliphatic rings. The van der Waals surface area contributed by atoms with Gasteiger partial charge in [-0.2, -0.15) is 0 Å². The minimum absolute atomic E-state index is 0.0127. The van der Waals surface area contributed by atoms with E-state index in [1.807, 2.05) is 0 Å². The van der Waals surface area contributed by atoms with Gasteiger partial charge in [-0.25, -0.2) is 0 Å². The van der Waals surface area contributed by atoms with Gasteiger partial charge < -0.3 is 14.6 Å². The SMILES string of the molecule is CCCCCCCCCCCC(=O)OCCC(CO)CCOC(=O)CC(CCCCCCC)CCCCCCC. The quantitative estimate of drug-likeness (QED) is 0.0665. The Morgan fingerprint density at radius 3 is 1.35 bits per heavy atom. The lowest BCUT2D eigenvalue weighted by atomic mass is 9.91. The molecule has 1 N–H and O–H groups in total. The summed E-state index contributed by atoms with van der Waals surface area (Å²) in [5.74, 6) is 0.175. The molecule has 0 saturated heterocycles. The molecule has 0 aliphatic carbocycles. The molecule has 0 aromatic carbocycles. The number of carbonyl (C=O) groups is 2. The van der Waals surface area contributed by atoms with Crippen LogP contribution in [0.2, 0.25) is 0 Å². The molecule has 238 valence electrons. The van der Waals surface area contributed by atoms with E-state index in [1.165, 1.54) is 109 Å². The summed E-state index contributed by atoms with van der Waals surface area (Å²) in [6.07, 6.45) is 28.1. The third kappa shape index (κ3) is 27.1. The first kappa shape index (κ1) is 38.9. The van der Waals surface area contributed by atoms with Crippen LogP contribution in [0, 0.1) is 11.8 Å². The lowest BCUT2D eigenvalue weighted by Gasteiger charge is -2.18. The second kappa shape index (κ2) is 30.8. The number of carbonyl (C=O) groups excluding carboxylic acids is 2. The van der Waals surface area contributed by atoms with Gasteiger partial charge in [0.25, 0.3) is 0 Å². The Bertz CT molecular complexity index is 536. The first-order valence-corrected chi connectivity index (χ1v) is 17.5. The summed E-state index contributed by atoms with van der Waals surface area (Å²) >= 11 is 0. The first-order chi connectivity index (χ1) is 19.6. The minimum atomic E-state index is -0.138. The molecule has 0 aliphatic heterocycles. The summed E-state index contributed by atoms with van der Waals surface area (Å²) < 4.78 is 11.0. The van der Waals surface area contributed by atoms with Gasteiger partial charge in [0, 0.05) is 19.4 Å². The number of esters is 2. The summed E-state index contributed by atoms with van der Waals surface area (Å²) in [7, 11) is 0. The highest BCUT2D eigenvalue weighted by Crippen LogP contribution is 2.23. The molecule has 40 heavy (non-hydrogen) atoms. The van der Waals surface area contributed by atoms with E-state index in [0.29, 0.717) is 44.8 Å². The van der Waals surface area contributed by atoms with E-state index in [1.54, 1.807) is 0 Å². The van der Waals surface area contributed by atoms with Crippen molar-refractivity contribution in [2.45, 2.75) is 181 Å². The highest BCUT2D eigenvalue weighted by Gasteiger charge is 2.16. The zero-order valence-electron chi connectivity index (χ0n) is 27.0. The summed E-state index contributed by atoms with van der Waals surface area (Å²) in [5, 5.41) is 9.73. The zero-order valence-corrected chi connectivity index (χ0v) is 27.0. The number of unbranched alkanes of at least 4 members (excludes halogenated alkanes) is 16. The molecular formula is C35H68O5. The Labute approximate surface area is 248 Å². The fraction of sp³-hybridized carbons (Fsp3) is 0.943. The Kier molecular flexibility index (Phi) is 30.0. The first-order valence-electron chi connectivity index (χ1n) is 17.5. The topological polar surface area (TPSA) is 72.8 Å². The molecule has 0 heterocycles. The standard InChI is InChI=1S/C35H68O5/c1-4-7-10-13-14-15-16-19-22-25-34(37)39-28-26-33(31-36)27-29-40-35(38)30-32(23-20-17-11-8-5-2)24-21-18-12-9-6-3/h32-33,36H,4-31H2,1-3H3. The van der Waals surface area contributed by atoms with Crippen molar-refractivity contribution in [2.75, 3.05) is 19.8 Å². The Morgan fingerprint density at radius 2 is 0.900 bits per heavy atom. The number of ether oxygens (including phenoxy) is 2. The molecule has 0 radical (unpaired) electrons. The van der Waals surface area contributed by atoms with Crippen molar-refractivity contribution in [2.24, 2.45) is 11.8 Å². The van der Waals surface area contributed by atoms with E-state index in [-0.39, 0.29) is 24.5 Å². The van der Waals surface area contributed by atoms with E-state index in [9.17, 15) is 14.7 Å². The van der Waals surface area contributed by atoms with Crippen LogP contribution in [0.15, 0.2) is 0 Å². The van der Waals surface area contributed by atoms with Crippen LogP contribution in [-0.2, 0) is 19.1 Å². The molecule has 1 unspecified atom stereocenters. The van der Waals surface area contributed by atoms with E-state index in [2.05, 4.69) is 20.8 Å². The summed E-state index contributed by atoms with van der Waals surface area (Å²) in [4.78, 5) is 24.6. The Balaban J connectivity index is 4.05. The van der Waals surface area contributed by atoms with E-state index < -0.39 is 0 Å². The maximum absolute atomic E-state index is 12.6. The van der Waals surface area contributed by atoms with Gasteiger partial charge in [0.05, 0.1) is 13.2 Å². The van der Waals surface area contributed by atoms with Crippen LogP contribution in [0.4, 0.5) is 0 Å². The largest absolute Gasteiger partial charge is 0.466 e. The maximum atomic E-state index is 12.6. The van der Waals surface area contributed by atoms with Gasteiger partial charge in [-0.05, 0) is 43.9 Å². The van der Waals surface area contributed by atoms with Crippen LogP contribution < -0.4 is 0 Å². The molecule has 0 rings (SSSR count). The monoisotopic (exact) mass is 569 g/mol. The van der Waals surface area contributed by atoms with Gasteiger partial charge in [-0.15, -0.1) is 0 Å². The van der Waals surface area contributed by atoms with Crippen molar-refractivity contribution in [3.05, 3.63) is 0 Å². The molecule has 0 amide bonds. The van der Waals surface area contributed by atoms with E-state index in [0.717, 1.165) is 25.7 Å². The normalized spacial score (nSPS) is 12.1. The number of rotatable bonds is 31. The number of hydrogen-bond acceptors (Lipinski definition) is 5. The van der Waals surface area contributed by atoms with Crippen LogP contribution in [-0.4, -0.2) is 36.9 Å². The van der Waals surface area contributed by atoms with Gasteiger partial charge in [0.15, 0.2) is 0 Å². The summed E-state index contributed by atoms with van der Waals surface area (Å²) in [6, 6.07) is 0. The highest BCUT2D eigenvalue weighted by molar-refractivity contribution is 5.69. The molecule has 0 fully saturated rings. The number of aliphatic hydroxyl groups excluding tert-OH is 1. The van der Waals surface area contributed by atoms with Gasteiger partial charge in [0.1, 0.15) is 0 Å². The van der Waals surface area contributed by atoms with Crippen LogP contribution in [0.5, 0.6) is 0 Å². The average molecular weight is 569 g/mol. The van der Waals surface area contributed by atoms with Crippen LogP contribution in [0.1, 0.15) is 181 Å². The van der Waals surface area contributed by atoms with Gasteiger partial charge in [-0.3, -0.25) is 9.59 Å². The summed E-state index contributed by atoms with van der Waals surface area (Å²) in [6.45, 7) is 7.39. The van der Waals surface area contributed by atoms with E-state index in [4.69, 9.17) is 9.47 Å². The number of aliphatic hydroxyl groups is 1. The summed E-state index contributed by atoms with van der Waals surface area (Å²) in [5.41, 5.74) is 0. The van der Waals surface area contributed by atoms with Crippen molar-refractivity contribution < 1.29 is 24.2 Å². The van der Waals surface area contributed by atoms with Gasteiger partial charge in [-0.1, -0.05) is 136 Å². The van der Waals surface area contributed by atoms with Gasteiger partial charge >= 0.3 is 11.9 Å². The highest BCUT2D eigenvalue weighted by atomic mass is 16.5. The molecule has 0 saturated carbocycles. The van der Waals surface area contributed by atoms with Crippen molar-refractivity contribution in [3.8, 4) is 0 Å². The lowest BCUT2D eigenvalue weighted by Crippen LogP contribution is -2.17. The zero-order chi connectivity index (χ0) is 29.5. The second-order valence-electron chi connectivity index (χ2n) is 12.1. The van der Waals surface area contributed by atoms with Gasteiger partial charge in [0.2, 0.25) is 0 Å². The maximum Gasteiger partial charge on any atom is 0.306 e. The third-order valence-corrected chi connectivity index (χ3v) is 8.21.